The van der Waals surface area contributed by atoms with Gasteiger partial charge in [-0.2, -0.15) is 0 Å². The fourth-order valence-corrected chi connectivity index (χ4v) is 2.74. The Hall–Kier alpha value is -1.53. The van der Waals surface area contributed by atoms with Crippen LogP contribution in [0.1, 0.15) is 40.6 Å². The molecule has 0 aliphatic carbocycles. The van der Waals surface area contributed by atoms with Gasteiger partial charge in [0.15, 0.2) is 0 Å². The van der Waals surface area contributed by atoms with Gasteiger partial charge in [0.1, 0.15) is 5.82 Å². The minimum Gasteiger partial charge on any atom is -0.395 e. The lowest BCUT2D eigenvalue weighted by atomic mass is 9.97. The Morgan fingerprint density at radius 1 is 1.52 bits per heavy atom. The zero-order chi connectivity index (χ0) is 15.4. The molecule has 2 rings (SSSR count). The first-order chi connectivity index (χ1) is 10.0. The Morgan fingerprint density at radius 2 is 2.29 bits per heavy atom. The Bertz CT molecular complexity index is 502. The summed E-state index contributed by atoms with van der Waals surface area (Å²) in [6.45, 7) is 4.64. The van der Waals surface area contributed by atoms with Crippen LogP contribution in [0.2, 0.25) is 0 Å². The average molecular weight is 292 g/mol. The minimum atomic E-state index is -0.0652. The Morgan fingerprint density at radius 3 is 2.90 bits per heavy atom. The summed E-state index contributed by atoms with van der Waals surface area (Å²) >= 11 is 0. The van der Waals surface area contributed by atoms with E-state index < -0.39 is 0 Å². The van der Waals surface area contributed by atoms with Crippen LogP contribution in [-0.4, -0.2) is 71.1 Å². The molecule has 0 spiro atoms. The number of hydrogen-bond acceptors (Lipinski definition) is 5. The van der Waals surface area contributed by atoms with Gasteiger partial charge in [-0.3, -0.25) is 4.79 Å². The van der Waals surface area contributed by atoms with Crippen LogP contribution in [0, 0.1) is 6.92 Å². The van der Waals surface area contributed by atoms with Crippen LogP contribution >= 0.6 is 0 Å². The highest BCUT2D eigenvalue weighted by Gasteiger charge is 2.24. The number of nitrogens with zero attached hydrogens (tertiary/aromatic N) is 4. The molecular formula is C15H24N4O2. The molecule has 0 saturated carbocycles. The van der Waals surface area contributed by atoms with E-state index in [9.17, 15) is 4.79 Å². The van der Waals surface area contributed by atoms with E-state index in [0.717, 1.165) is 37.4 Å². The SMILES string of the molecule is Cc1nc([C@H]2CCCN(CCO)C2)ncc1C(=O)N(C)C. The van der Waals surface area contributed by atoms with Gasteiger partial charge in [0, 0.05) is 39.3 Å². The predicted octanol–water partition coefficient (Wildman–Crippen LogP) is 0.659. The number of aryl methyl sites for hydroxylation is 1. The topological polar surface area (TPSA) is 69.6 Å². The summed E-state index contributed by atoms with van der Waals surface area (Å²) in [6.07, 6.45) is 3.79. The van der Waals surface area contributed by atoms with E-state index in [4.69, 9.17) is 5.11 Å². The summed E-state index contributed by atoms with van der Waals surface area (Å²) in [4.78, 5) is 24.7. The summed E-state index contributed by atoms with van der Waals surface area (Å²) in [6, 6.07) is 0. The lowest BCUT2D eigenvalue weighted by Gasteiger charge is -2.31. The van der Waals surface area contributed by atoms with Crippen molar-refractivity contribution in [3.63, 3.8) is 0 Å². The minimum absolute atomic E-state index is 0.0652. The second-order valence-electron chi connectivity index (χ2n) is 5.79. The van der Waals surface area contributed by atoms with Crippen molar-refractivity contribution in [2.45, 2.75) is 25.7 Å². The Balaban J connectivity index is 2.14. The zero-order valence-corrected chi connectivity index (χ0v) is 13.0. The first kappa shape index (κ1) is 15.9. The van der Waals surface area contributed by atoms with Crippen molar-refractivity contribution in [2.24, 2.45) is 0 Å². The van der Waals surface area contributed by atoms with Gasteiger partial charge in [-0.25, -0.2) is 9.97 Å². The first-order valence-electron chi connectivity index (χ1n) is 7.41. The largest absolute Gasteiger partial charge is 0.395 e. The van der Waals surface area contributed by atoms with Crippen molar-refractivity contribution >= 4 is 5.91 Å². The number of rotatable bonds is 4. The molecule has 1 fully saturated rings. The number of carbonyl (C=O) groups is 1. The number of carbonyl (C=O) groups excluding carboxylic acids is 1. The Labute approximate surface area is 125 Å². The van der Waals surface area contributed by atoms with Crippen LogP contribution in [0.25, 0.3) is 0 Å². The molecule has 6 nitrogen and oxygen atoms in total. The molecule has 1 aromatic heterocycles. The van der Waals surface area contributed by atoms with E-state index in [0.29, 0.717) is 12.1 Å². The number of β-amino-alcohol motifs (C(OH)–C–C–N with tert-alkyl or cyclic N) is 1. The smallest absolute Gasteiger partial charge is 0.256 e. The molecule has 0 radical (unpaired) electrons. The molecule has 6 heteroatoms. The van der Waals surface area contributed by atoms with Gasteiger partial charge in [0.2, 0.25) is 0 Å². The summed E-state index contributed by atoms with van der Waals surface area (Å²) in [5.41, 5.74) is 1.30. The maximum Gasteiger partial charge on any atom is 0.256 e. The molecule has 21 heavy (non-hydrogen) atoms. The van der Waals surface area contributed by atoms with Gasteiger partial charge < -0.3 is 14.9 Å². The van der Waals surface area contributed by atoms with Gasteiger partial charge in [-0.1, -0.05) is 0 Å². The summed E-state index contributed by atoms with van der Waals surface area (Å²) < 4.78 is 0. The summed E-state index contributed by atoms with van der Waals surface area (Å²) in [7, 11) is 3.45. The predicted molar refractivity (Wildman–Crippen MR) is 80.3 cm³/mol. The van der Waals surface area contributed by atoms with Gasteiger partial charge in [-0.05, 0) is 26.3 Å². The van der Waals surface area contributed by atoms with E-state index >= 15 is 0 Å². The normalized spacial score (nSPS) is 19.5. The second kappa shape index (κ2) is 6.95. The highest BCUT2D eigenvalue weighted by atomic mass is 16.3. The quantitative estimate of drug-likeness (QED) is 0.883. The van der Waals surface area contributed by atoms with Crippen molar-refractivity contribution in [3.05, 3.63) is 23.3 Å². The van der Waals surface area contributed by atoms with Crippen LogP contribution in [0.5, 0.6) is 0 Å². The number of hydrogen-bond donors (Lipinski definition) is 1. The van der Waals surface area contributed by atoms with Crippen LogP contribution in [0.15, 0.2) is 6.20 Å². The van der Waals surface area contributed by atoms with E-state index in [1.54, 1.807) is 20.3 Å². The fraction of sp³-hybridized carbons (Fsp3) is 0.667. The maximum absolute atomic E-state index is 12.0. The lowest BCUT2D eigenvalue weighted by molar-refractivity contribution is 0.0825. The van der Waals surface area contributed by atoms with Crippen LogP contribution in [0.3, 0.4) is 0 Å². The van der Waals surface area contributed by atoms with Gasteiger partial charge in [0.25, 0.3) is 5.91 Å². The molecule has 0 bridgehead atoms. The van der Waals surface area contributed by atoms with Gasteiger partial charge >= 0.3 is 0 Å². The number of amides is 1. The molecule has 1 atom stereocenters. The van der Waals surface area contributed by atoms with Crippen molar-refractivity contribution in [3.8, 4) is 0 Å². The monoisotopic (exact) mass is 292 g/mol. The first-order valence-corrected chi connectivity index (χ1v) is 7.41. The van der Waals surface area contributed by atoms with E-state index in [-0.39, 0.29) is 18.4 Å². The molecule has 1 saturated heterocycles. The highest BCUT2D eigenvalue weighted by molar-refractivity contribution is 5.94. The number of piperidine rings is 1. The van der Waals surface area contributed by atoms with Crippen molar-refractivity contribution in [2.75, 3.05) is 40.3 Å². The number of aromatic nitrogens is 2. The van der Waals surface area contributed by atoms with E-state index in [2.05, 4.69) is 14.9 Å². The Kier molecular flexibility index (Phi) is 5.25. The highest BCUT2D eigenvalue weighted by Crippen LogP contribution is 2.24. The van der Waals surface area contributed by atoms with Crippen LogP contribution < -0.4 is 0 Å². The molecule has 1 N–H and O–H groups in total. The molecule has 1 aromatic rings. The molecule has 0 unspecified atom stereocenters. The average Bonchev–Trinajstić information content (AvgIpc) is 2.47. The number of aliphatic hydroxyl groups is 1. The molecule has 116 valence electrons. The standard InChI is InChI=1S/C15H24N4O2/c1-11-13(15(21)18(2)3)9-16-14(17-11)12-5-4-6-19(10-12)7-8-20/h9,12,20H,4-8,10H2,1-3H3/t12-/m0/s1. The van der Waals surface area contributed by atoms with Crippen LogP contribution in [0.4, 0.5) is 0 Å². The molecule has 1 amide bonds. The molecule has 1 aliphatic heterocycles. The van der Waals surface area contributed by atoms with E-state index in [1.807, 2.05) is 6.92 Å². The summed E-state index contributed by atoms with van der Waals surface area (Å²) in [5.74, 6) is 1.03. The number of aliphatic hydroxyl groups excluding tert-OH is 1. The summed E-state index contributed by atoms with van der Waals surface area (Å²) in [5, 5.41) is 9.05. The van der Waals surface area contributed by atoms with Crippen LogP contribution in [-0.2, 0) is 0 Å². The molecule has 2 heterocycles. The molecule has 1 aliphatic rings. The molecular weight excluding hydrogens is 268 g/mol. The number of likely N-dealkylation sites (tertiary alicyclic amines) is 1. The fourth-order valence-electron chi connectivity index (χ4n) is 2.74. The zero-order valence-electron chi connectivity index (χ0n) is 13.0. The molecule has 0 aromatic carbocycles. The third kappa shape index (κ3) is 3.77. The van der Waals surface area contributed by atoms with Gasteiger partial charge in [0.05, 0.1) is 17.9 Å². The van der Waals surface area contributed by atoms with Crippen molar-refractivity contribution in [1.82, 2.24) is 19.8 Å². The van der Waals surface area contributed by atoms with Gasteiger partial charge in [-0.15, -0.1) is 0 Å². The van der Waals surface area contributed by atoms with E-state index in [1.165, 1.54) is 4.90 Å². The third-order valence-corrected chi connectivity index (χ3v) is 3.92. The maximum atomic E-state index is 12.0. The van der Waals surface area contributed by atoms with Crippen molar-refractivity contribution in [1.29, 1.82) is 0 Å². The second-order valence-corrected chi connectivity index (χ2v) is 5.79. The lowest BCUT2D eigenvalue weighted by Crippen LogP contribution is -2.37. The van der Waals surface area contributed by atoms with Crippen molar-refractivity contribution < 1.29 is 9.90 Å². The third-order valence-electron chi connectivity index (χ3n) is 3.92.